The molecule has 0 atom stereocenters. The fraction of sp³-hybridized carbons (Fsp3) is 0.278. The summed E-state index contributed by atoms with van der Waals surface area (Å²) in [4.78, 5) is 7.04. The molecule has 1 N–H and O–H groups in total. The van der Waals surface area contributed by atoms with E-state index in [0.29, 0.717) is 0 Å². The number of nitrogens with one attached hydrogen (secondary N) is 1. The number of nitrogens with zero attached hydrogens (tertiary/aromatic N) is 2. The molecule has 1 saturated heterocycles. The zero-order valence-electron chi connectivity index (χ0n) is 12.5. The van der Waals surface area contributed by atoms with Crippen molar-refractivity contribution in [1.29, 1.82) is 0 Å². The molecule has 2 aliphatic rings. The van der Waals surface area contributed by atoms with Gasteiger partial charge in [-0.25, -0.2) is 0 Å². The van der Waals surface area contributed by atoms with Crippen molar-refractivity contribution in [2.24, 2.45) is 4.99 Å². The van der Waals surface area contributed by atoms with Gasteiger partial charge in [0, 0.05) is 31.5 Å². The molecule has 0 spiro atoms. The number of aliphatic imine (C=N–C) groups is 1. The summed E-state index contributed by atoms with van der Waals surface area (Å²) in [5.74, 6) is 1.69. The average Bonchev–Trinajstić information content (AvgIpc) is 2.93. The minimum Gasteiger partial charge on any atom is -0.454 e. The predicted octanol–water partition coefficient (Wildman–Crippen LogP) is 3.34. The molecule has 2 aromatic carbocycles. The molecule has 22 heavy (non-hydrogen) atoms. The van der Waals surface area contributed by atoms with E-state index >= 15 is 0 Å². The summed E-state index contributed by atoms with van der Waals surface area (Å²) in [5.41, 5.74) is 3.15. The Hall–Kier alpha value is -2.33. The maximum atomic E-state index is 6.10. The topological polar surface area (TPSA) is 36.9 Å². The lowest BCUT2D eigenvalue weighted by Gasteiger charge is -2.24. The van der Waals surface area contributed by atoms with Crippen molar-refractivity contribution >= 4 is 17.6 Å². The Morgan fingerprint density at radius 3 is 2.86 bits per heavy atom. The molecule has 1 fully saturated rings. The number of anilines is 1. The van der Waals surface area contributed by atoms with E-state index in [1.807, 2.05) is 36.5 Å². The van der Waals surface area contributed by atoms with Crippen LogP contribution in [0.1, 0.15) is 12.0 Å². The Bertz CT molecular complexity index is 703. The van der Waals surface area contributed by atoms with Crippen LogP contribution in [0, 0.1) is 0 Å². The quantitative estimate of drug-likeness (QED) is 0.747. The maximum absolute atomic E-state index is 6.10. The van der Waals surface area contributed by atoms with Crippen molar-refractivity contribution in [1.82, 2.24) is 5.32 Å². The van der Waals surface area contributed by atoms with Crippen molar-refractivity contribution < 1.29 is 4.74 Å². The van der Waals surface area contributed by atoms with Gasteiger partial charge in [-0.2, -0.15) is 0 Å². The van der Waals surface area contributed by atoms with E-state index in [2.05, 4.69) is 27.3 Å². The lowest BCUT2D eigenvalue weighted by Crippen LogP contribution is -2.28. The molecular formula is C18H19N3O. The van der Waals surface area contributed by atoms with Crippen LogP contribution >= 0.6 is 0 Å². The van der Waals surface area contributed by atoms with Gasteiger partial charge in [0.05, 0.1) is 5.56 Å². The van der Waals surface area contributed by atoms with Gasteiger partial charge in [-0.05, 0) is 37.2 Å². The van der Waals surface area contributed by atoms with Crippen molar-refractivity contribution in [3.63, 3.8) is 0 Å². The van der Waals surface area contributed by atoms with Crippen LogP contribution in [0.4, 0.5) is 11.4 Å². The van der Waals surface area contributed by atoms with Crippen molar-refractivity contribution in [2.75, 3.05) is 31.1 Å². The van der Waals surface area contributed by atoms with Gasteiger partial charge in [0.2, 0.25) is 0 Å². The molecule has 4 nitrogen and oxygen atoms in total. The van der Waals surface area contributed by atoms with Crippen molar-refractivity contribution in [3.05, 3.63) is 48.0 Å². The maximum Gasteiger partial charge on any atom is 0.153 e. The molecule has 2 aromatic rings. The Kier molecular flexibility index (Phi) is 3.52. The molecule has 0 saturated carbocycles. The highest BCUT2D eigenvalue weighted by molar-refractivity contribution is 5.94. The molecular weight excluding hydrogens is 274 g/mol. The Morgan fingerprint density at radius 2 is 1.86 bits per heavy atom. The fourth-order valence-corrected chi connectivity index (χ4v) is 3.02. The first-order valence-electron chi connectivity index (χ1n) is 7.81. The molecule has 0 aliphatic carbocycles. The second-order valence-electron chi connectivity index (χ2n) is 5.61. The second kappa shape index (κ2) is 5.81. The third-order valence-electron chi connectivity index (χ3n) is 4.14. The van der Waals surface area contributed by atoms with Crippen LogP contribution in [-0.4, -0.2) is 32.4 Å². The summed E-state index contributed by atoms with van der Waals surface area (Å²) >= 11 is 0. The lowest BCUT2D eigenvalue weighted by atomic mass is 10.1. The van der Waals surface area contributed by atoms with Gasteiger partial charge in [-0.3, -0.25) is 4.99 Å². The second-order valence-corrected chi connectivity index (χ2v) is 5.61. The molecule has 0 radical (unpaired) electrons. The number of hydrogen-bond donors (Lipinski definition) is 1. The van der Waals surface area contributed by atoms with E-state index in [4.69, 9.17) is 4.74 Å². The number of hydrogen-bond acceptors (Lipinski definition) is 4. The normalized spacial score (nSPS) is 17.0. The first-order valence-corrected chi connectivity index (χ1v) is 7.81. The molecule has 0 unspecified atom stereocenters. The van der Waals surface area contributed by atoms with Crippen molar-refractivity contribution in [3.8, 4) is 11.5 Å². The van der Waals surface area contributed by atoms with Gasteiger partial charge in [0.15, 0.2) is 5.75 Å². The SMILES string of the molecule is C1=Nc2ccccc2Oc2cccc(N3CCCNCC3)c21. The van der Waals surface area contributed by atoms with Gasteiger partial charge in [-0.15, -0.1) is 0 Å². The van der Waals surface area contributed by atoms with Crippen LogP contribution in [0.3, 0.4) is 0 Å². The zero-order chi connectivity index (χ0) is 14.8. The van der Waals surface area contributed by atoms with Crippen LogP contribution < -0.4 is 15.0 Å². The number of fused-ring (bicyclic) bond motifs is 2. The van der Waals surface area contributed by atoms with Crippen LogP contribution in [0.5, 0.6) is 11.5 Å². The van der Waals surface area contributed by atoms with Crippen LogP contribution in [0.2, 0.25) is 0 Å². The molecule has 4 heteroatoms. The van der Waals surface area contributed by atoms with E-state index in [9.17, 15) is 0 Å². The molecule has 0 amide bonds. The summed E-state index contributed by atoms with van der Waals surface area (Å²) in [6, 6.07) is 14.1. The standard InChI is InChI=1S/C18H19N3O/c1-2-7-18-15(5-1)20-13-14-16(6-3-8-17(14)22-18)21-11-4-9-19-10-12-21/h1-3,5-8,13,19H,4,9-12H2. The van der Waals surface area contributed by atoms with Crippen LogP contribution in [0.15, 0.2) is 47.5 Å². The predicted molar refractivity (Wildman–Crippen MR) is 89.9 cm³/mol. The molecule has 4 rings (SSSR count). The summed E-state index contributed by atoms with van der Waals surface area (Å²) in [6.07, 6.45) is 3.09. The lowest BCUT2D eigenvalue weighted by molar-refractivity contribution is 0.485. The first-order chi connectivity index (χ1) is 10.9. The van der Waals surface area contributed by atoms with E-state index in [0.717, 1.165) is 55.3 Å². The minimum absolute atomic E-state index is 0.812. The third-order valence-corrected chi connectivity index (χ3v) is 4.14. The fourth-order valence-electron chi connectivity index (χ4n) is 3.02. The van der Waals surface area contributed by atoms with Crippen molar-refractivity contribution in [2.45, 2.75) is 6.42 Å². The zero-order valence-corrected chi connectivity index (χ0v) is 12.5. The molecule has 2 heterocycles. The summed E-state index contributed by atoms with van der Waals surface area (Å²) in [5, 5.41) is 3.45. The molecule has 2 aliphatic heterocycles. The smallest absolute Gasteiger partial charge is 0.153 e. The highest BCUT2D eigenvalue weighted by Gasteiger charge is 2.18. The molecule has 0 aromatic heterocycles. The van der Waals surface area contributed by atoms with E-state index in [-0.39, 0.29) is 0 Å². The van der Waals surface area contributed by atoms with Gasteiger partial charge in [0.25, 0.3) is 0 Å². The number of ether oxygens (including phenoxy) is 1. The summed E-state index contributed by atoms with van der Waals surface area (Å²) in [7, 11) is 0. The molecule has 0 bridgehead atoms. The largest absolute Gasteiger partial charge is 0.454 e. The number of para-hydroxylation sites is 2. The highest BCUT2D eigenvalue weighted by Crippen LogP contribution is 2.38. The number of benzene rings is 2. The number of rotatable bonds is 1. The van der Waals surface area contributed by atoms with Crippen LogP contribution in [-0.2, 0) is 0 Å². The summed E-state index contributed by atoms with van der Waals surface area (Å²) in [6.45, 7) is 4.17. The average molecular weight is 293 g/mol. The Balaban J connectivity index is 1.76. The third kappa shape index (κ3) is 2.46. The highest BCUT2D eigenvalue weighted by atomic mass is 16.5. The van der Waals surface area contributed by atoms with E-state index in [1.165, 1.54) is 5.69 Å². The van der Waals surface area contributed by atoms with Gasteiger partial charge < -0.3 is 15.0 Å². The van der Waals surface area contributed by atoms with Crippen LogP contribution in [0.25, 0.3) is 0 Å². The van der Waals surface area contributed by atoms with Gasteiger partial charge >= 0.3 is 0 Å². The monoisotopic (exact) mass is 293 g/mol. The van der Waals surface area contributed by atoms with E-state index in [1.54, 1.807) is 0 Å². The Morgan fingerprint density at radius 1 is 0.955 bits per heavy atom. The minimum atomic E-state index is 0.812. The van der Waals surface area contributed by atoms with E-state index < -0.39 is 0 Å². The summed E-state index contributed by atoms with van der Waals surface area (Å²) < 4.78 is 6.10. The van der Waals surface area contributed by atoms with Gasteiger partial charge in [-0.1, -0.05) is 18.2 Å². The first kappa shape index (κ1) is 13.3. The van der Waals surface area contributed by atoms with Gasteiger partial charge in [0.1, 0.15) is 11.4 Å². The molecule has 112 valence electrons. The Labute approximate surface area is 130 Å².